The third-order valence-electron chi connectivity index (χ3n) is 2.29. The molecular formula is C11H18F2N2O2. The van der Waals surface area contributed by atoms with Gasteiger partial charge >= 0.3 is 12.1 Å². The van der Waals surface area contributed by atoms with Crippen molar-refractivity contribution >= 4 is 6.09 Å². The van der Waals surface area contributed by atoms with Crippen LogP contribution in [0.4, 0.5) is 13.6 Å². The van der Waals surface area contributed by atoms with Crippen LogP contribution in [0.15, 0.2) is 11.6 Å². The zero-order valence-corrected chi connectivity index (χ0v) is 10.3. The predicted octanol–water partition coefficient (Wildman–Crippen LogP) is 2.11. The summed E-state index contributed by atoms with van der Waals surface area (Å²) in [6.07, 6.45) is 0.865. The third-order valence-corrected chi connectivity index (χ3v) is 2.29. The SMILES string of the molecule is CC(C)(C)OC(=O)N1CC=C(C(N)(F)F)CC1. The molecule has 1 amide bonds. The van der Waals surface area contributed by atoms with Gasteiger partial charge in [-0.25, -0.2) is 4.79 Å². The number of nitrogens with two attached hydrogens (primary N) is 1. The summed E-state index contributed by atoms with van der Waals surface area (Å²) in [4.78, 5) is 13.0. The van der Waals surface area contributed by atoms with E-state index in [1.165, 1.54) is 11.0 Å². The van der Waals surface area contributed by atoms with Crippen molar-refractivity contribution in [1.29, 1.82) is 0 Å². The molecule has 1 aliphatic rings. The van der Waals surface area contributed by atoms with Crippen molar-refractivity contribution in [3.8, 4) is 0 Å². The van der Waals surface area contributed by atoms with Crippen LogP contribution >= 0.6 is 0 Å². The van der Waals surface area contributed by atoms with Gasteiger partial charge in [-0.1, -0.05) is 6.08 Å². The van der Waals surface area contributed by atoms with E-state index in [2.05, 4.69) is 0 Å². The number of halogens is 2. The Balaban J connectivity index is 2.58. The molecule has 98 valence electrons. The molecule has 0 aromatic rings. The number of hydrogen-bond acceptors (Lipinski definition) is 3. The second-order valence-corrected chi connectivity index (χ2v) is 5.03. The first-order chi connectivity index (χ1) is 7.59. The maximum Gasteiger partial charge on any atom is 0.410 e. The molecule has 0 bridgehead atoms. The molecule has 17 heavy (non-hydrogen) atoms. The zero-order valence-electron chi connectivity index (χ0n) is 10.3. The molecule has 0 spiro atoms. The molecule has 0 atom stereocenters. The first-order valence-electron chi connectivity index (χ1n) is 5.44. The number of amides is 1. The van der Waals surface area contributed by atoms with Gasteiger partial charge in [-0.3, -0.25) is 5.73 Å². The lowest BCUT2D eigenvalue weighted by Gasteiger charge is -2.30. The van der Waals surface area contributed by atoms with Gasteiger partial charge < -0.3 is 9.64 Å². The minimum Gasteiger partial charge on any atom is -0.444 e. The number of carbonyl (C=O) groups is 1. The largest absolute Gasteiger partial charge is 0.444 e. The fourth-order valence-corrected chi connectivity index (χ4v) is 1.46. The molecule has 0 radical (unpaired) electrons. The molecule has 0 saturated heterocycles. The average Bonchev–Trinajstić information content (AvgIpc) is 2.14. The van der Waals surface area contributed by atoms with Crippen molar-refractivity contribution in [2.75, 3.05) is 13.1 Å². The number of nitrogens with zero attached hydrogens (tertiary/aromatic N) is 1. The van der Waals surface area contributed by atoms with Gasteiger partial charge in [0, 0.05) is 18.7 Å². The molecule has 1 aliphatic heterocycles. The molecule has 0 aromatic heterocycles. The normalized spacial score (nSPS) is 17.8. The van der Waals surface area contributed by atoms with Gasteiger partial charge in [-0.2, -0.15) is 8.78 Å². The van der Waals surface area contributed by atoms with E-state index in [-0.39, 0.29) is 25.1 Å². The van der Waals surface area contributed by atoms with E-state index in [0.717, 1.165) is 0 Å². The standard InChI is InChI=1S/C11H18F2N2O2/c1-10(2,3)17-9(16)15-6-4-8(5-7-15)11(12,13)14/h4H,5-7,14H2,1-3H3. The lowest BCUT2D eigenvalue weighted by Crippen LogP contribution is -2.42. The molecule has 1 rings (SSSR count). The molecule has 0 fully saturated rings. The van der Waals surface area contributed by atoms with Gasteiger partial charge in [0.15, 0.2) is 0 Å². The summed E-state index contributed by atoms with van der Waals surface area (Å²) in [5.74, 6) is 0. The van der Waals surface area contributed by atoms with Crippen LogP contribution in [0, 0.1) is 0 Å². The monoisotopic (exact) mass is 248 g/mol. The van der Waals surface area contributed by atoms with Gasteiger partial charge in [-0.15, -0.1) is 0 Å². The van der Waals surface area contributed by atoms with Gasteiger partial charge in [-0.05, 0) is 27.2 Å². The lowest BCUT2D eigenvalue weighted by molar-refractivity contribution is 0.0192. The van der Waals surface area contributed by atoms with Crippen molar-refractivity contribution in [2.24, 2.45) is 5.73 Å². The van der Waals surface area contributed by atoms with E-state index < -0.39 is 17.7 Å². The minimum absolute atomic E-state index is 0.0722. The summed E-state index contributed by atoms with van der Waals surface area (Å²) >= 11 is 0. The van der Waals surface area contributed by atoms with Crippen LogP contribution in [0.2, 0.25) is 0 Å². The van der Waals surface area contributed by atoms with Gasteiger partial charge in [0.1, 0.15) is 5.60 Å². The lowest BCUT2D eigenvalue weighted by atomic mass is 10.1. The molecule has 1 heterocycles. The van der Waals surface area contributed by atoms with Crippen molar-refractivity contribution in [2.45, 2.75) is 38.8 Å². The van der Waals surface area contributed by atoms with E-state index in [1.54, 1.807) is 20.8 Å². The smallest absolute Gasteiger partial charge is 0.410 e. The van der Waals surface area contributed by atoms with Gasteiger partial charge in [0.05, 0.1) is 0 Å². The minimum atomic E-state index is -3.29. The first kappa shape index (κ1) is 13.9. The van der Waals surface area contributed by atoms with Crippen LogP contribution in [0.5, 0.6) is 0 Å². The quantitative estimate of drug-likeness (QED) is 0.571. The number of rotatable bonds is 1. The Bertz CT molecular complexity index is 329. The predicted molar refractivity (Wildman–Crippen MR) is 59.6 cm³/mol. The second kappa shape index (κ2) is 4.60. The number of alkyl halides is 2. The maximum atomic E-state index is 12.8. The van der Waals surface area contributed by atoms with Gasteiger partial charge in [0.25, 0.3) is 0 Å². The summed E-state index contributed by atoms with van der Waals surface area (Å²) in [5.41, 5.74) is 3.99. The summed E-state index contributed by atoms with van der Waals surface area (Å²) in [6.45, 7) is 5.57. The highest BCUT2D eigenvalue weighted by molar-refractivity contribution is 5.68. The van der Waals surface area contributed by atoms with E-state index in [4.69, 9.17) is 10.5 Å². The average molecular weight is 248 g/mol. The summed E-state index contributed by atoms with van der Waals surface area (Å²) < 4.78 is 30.7. The molecule has 6 heteroatoms. The van der Waals surface area contributed by atoms with Crippen LogP contribution in [0.3, 0.4) is 0 Å². The van der Waals surface area contributed by atoms with Crippen LogP contribution in [-0.2, 0) is 4.74 Å². The van der Waals surface area contributed by atoms with Gasteiger partial charge in [0.2, 0.25) is 0 Å². The molecule has 4 nitrogen and oxygen atoms in total. The first-order valence-corrected chi connectivity index (χ1v) is 5.44. The van der Waals surface area contributed by atoms with Crippen LogP contribution < -0.4 is 5.73 Å². The van der Waals surface area contributed by atoms with E-state index in [0.29, 0.717) is 0 Å². The zero-order chi connectivity index (χ0) is 13.3. The molecule has 0 aliphatic carbocycles. The van der Waals surface area contributed by atoms with Crippen LogP contribution in [0.1, 0.15) is 27.2 Å². The molecule has 0 saturated carbocycles. The van der Waals surface area contributed by atoms with E-state index >= 15 is 0 Å². The molecule has 0 aromatic carbocycles. The number of carbonyl (C=O) groups excluding carboxylic acids is 1. The molecule has 0 unspecified atom stereocenters. The topological polar surface area (TPSA) is 55.6 Å². The van der Waals surface area contributed by atoms with Crippen LogP contribution in [-0.4, -0.2) is 35.7 Å². The highest BCUT2D eigenvalue weighted by Crippen LogP contribution is 2.24. The Morgan fingerprint density at radius 3 is 2.41 bits per heavy atom. The summed E-state index contributed by atoms with van der Waals surface area (Å²) in [6, 6.07) is -3.29. The van der Waals surface area contributed by atoms with Crippen molar-refractivity contribution in [3.63, 3.8) is 0 Å². The fourth-order valence-electron chi connectivity index (χ4n) is 1.46. The summed E-state index contributed by atoms with van der Waals surface area (Å²) in [7, 11) is 0. The Labute approximate surface area is 99.4 Å². The third kappa shape index (κ3) is 4.30. The Morgan fingerprint density at radius 1 is 1.47 bits per heavy atom. The van der Waals surface area contributed by atoms with Crippen molar-refractivity contribution in [3.05, 3.63) is 11.6 Å². The molecule has 2 N–H and O–H groups in total. The maximum absolute atomic E-state index is 12.8. The fraction of sp³-hybridized carbons (Fsp3) is 0.727. The van der Waals surface area contributed by atoms with Crippen molar-refractivity contribution in [1.82, 2.24) is 4.90 Å². The highest BCUT2D eigenvalue weighted by Gasteiger charge is 2.32. The number of ether oxygens (including phenoxy) is 1. The van der Waals surface area contributed by atoms with Crippen LogP contribution in [0.25, 0.3) is 0 Å². The van der Waals surface area contributed by atoms with E-state index in [1.807, 2.05) is 0 Å². The molecular weight excluding hydrogens is 230 g/mol. The van der Waals surface area contributed by atoms with Crippen molar-refractivity contribution < 1.29 is 18.3 Å². The van der Waals surface area contributed by atoms with E-state index in [9.17, 15) is 13.6 Å². The Morgan fingerprint density at radius 2 is 2.06 bits per heavy atom. The Hall–Kier alpha value is -1.17. The second-order valence-electron chi connectivity index (χ2n) is 5.03. The number of hydrogen-bond donors (Lipinski definition) is 1. The summed E-state index contributed by atoms with van der Waals surface area (Å²) in [5, 5.41) is 0. The highest BCUT2D eigenvalue weighted by atomic mass is 19.3. The Kier molecular flexibility index (Phi) is 3.76.